The van der Waals surface area contributed by atoms with E-state index in [-0.39, 0.29) is 5.97 Å². The zero-order chi connectivity index (χ0) is 21.4. The molecule has 4 aromatic rings. The molecule has 0 radical (unpaired) electrons. The fourth-order valence-electron chi connectivity index (χ4n) is 4.62. The molecule has 0 N–H and O–H groups in total. The first kappa shape index (κ1) is 19.8. The van der Waals surface area contributed by atoms with Gasteiger partial charge in [-0.05, 0) is 55.0 Å². The van der Waals surface area contributed by atoms with Crippen LogP contribution in [0.15, 0.2) is 67.0 Å². The fraction of sp³-hybridized carbons (Fsp3) is 0.240. The molecule has 2 heterocycles. The molecule has 0 amide bonds. The van der Waals surface area contributed by atoms with Gasteiger partial charge in [0.1, 0.15) is 5.41 Å². The quantitative estimate of drug-likeness (QED) is 0.415. The first-order valence-electron chi connectivity index (χ1n) is 10.5. The number of aryl methyl sites for hydroxylation is 1. The van der Waals surface area contributed by atoms with E-state index in [0.717, 1.165) is 40.0 Å². The summed E-state index contributed by atoms with van der Waals surface area (Å²) >= 11 is 6.06. The summed E-state index contributed by atoms with van der Waals surface area (Å²) in [5.74, 6) is -0.200. The summed E-state index contributed by atoms with van der Waals surface area (Å²) in [6.07, 6.45) is 5.70. The Balaban J connectivity index is 1.69. The van der Waals surface area contributed by atoms with Gasteiger partial charge in [-0.15, -0.1) is 0 Å². The maximum atomic E-state index is 13.4. The van der Waals surface area contributed by atoms with E-state index in [1.54, 1.807) is 0 Å². The standard InChI is InChI=1S/C25H22ClN3O2/c1-2-31-24(30)25(14-17-6-4-3-5-7-17)13-12-19-15-27-23-21(16-28-29(23)22(19)25)18-8-10-20(26)11-9-18/h3-11,15-16H,2,12-14H2,1H3/t25-/m1/s1. The highest BCUT2D eigenvalue weighted by Crippen LogP contribution is 2.43. The molecule has 0 bridgehead atoms. The monoisotopic (exact) mass is 431 g/mol. The Bertz CT molecular complexity index is 1250. The number of hydrogen-bond donors (Lipinski definition) is 0. The van der Waals surface area contributed by atoms with Crippen molar-refractivity contribution in [3.8, 4) is 11.1 Å². The van der Waals surface area contributed by atoms with E-state index in [1.807, 2.05) is 66.3 Å². The molecule has 6 heteroatoms. The lowest BCUT2D eigenvalue weighted by Gasteiger charge is -2.28. The van der Waals surface area contributed by atoms with Gasteiger partial charge in [0.05, 0.1) is 18.5 Å². The third kappa shape index (κ3) is 3.29. The number of carbonyl (C=O) groups is 1. The Hall–Kier alpha value is -3.18. The van der Waals surface area contributed by atoms with Gasteiger partial charge in [-0.2, -0.15) is 5.10 Å². The molecule has 0 spiro atoms. The first-order chi connectivity index (χ1) is 15.1. The average molecular weight is 432 g/mol. The highest BCUT2D eigenvalue weighted by molar-refractivity contribution is 6.30. The Morgan fingerprint density at radius 1 is 1.13 bits per heavy atom. The van der Waals surface area contributed by atoms with Crippen LogP contribution in [0.2, 0.25) is 5.02 Å². The van der Waals surface area contributed by atoms with E-state index >= 15 is 0 Å². The van der Waals surface area contributed by atoms with Gasteiger partial charge in [-0.25, -0.2) is 9.50 Å². The molecule has 156 valence electrons. The maximum Gasteiger partial charge on any atom is 0.318 e. The average Bonchev–Trinajstić information content (AvgIpc) is 3.38. The van der Waals surface area contributed by atoms with Crippen molar-refractivity contribution in [1.82, 2.24) is 14.6 Å². The normalized spacial score (nSPS) is 17.6. The van der Waals surface area contributed by atoms with Crippen LogP contribution in [0.1, 0.15) is 30.2 Å². The van der Waals surface area contributed by atoms with Crippen molar-refractivity contribution in [2.75, 3.05) is 6.61 Å². The number of carbonyl (C=O) groups excluding carboxylic acids is 1. The van der Waals surface area contributed by atoms with E-state index in [2.05, 4.69) is 17.2 Å². The second-order valence-electron chi connectivity index (χ2n) is 7.90. The molecular formula is C25H22ClN3O2. The van der Waals surface area contributed by atoms with Gasteiger partial charge < -0.3 is 4.74 Å². The molecule has 1 atom stereocenters. The van der Waals surface area contributed by atoms with Crippen molar-refractivity contribution < 1.29 is 9.53 Å². The Kier molecular flexibility index (Phi) is 4.98. The lowest BCUT2D eigenvalue weighted by molar-refractivity contribution is -0.150. The molecule has 5 nitrogen and oxygen atoms in total. The summed E-state index contributed by atoms with van der Waals surface area (Å²) in [6, 6.07) is 17.7. The number of nitrogens with zero attached hydrogens (tertiary/aromatic N) is 3. The van der Waals surface area contributed by atoms with Crippen molar-refractivity contribution in [3.05, 3.63) is 88.8 Å². The molecule has 0 saturated heterocycles. The van der Waals surface area contributed by atoms with Gasteiger partial charge in [0, 0.05) is 16.8 Å². The van der Waals surface area contributed by atoms with Gasteiger partial charge in [-0.1, -0.05) is 54.1 Å². The minimum Gasteiger partial charge on any atom is -0.465 e. The van der Waals surface area contributed by atoms with Gasteiger partial charge in [0.25, 0.3) is 0 Å². The van der Waals surface area contributed by atoms with Crippen LogP contribution < -0.4 is 0 Å². The molecule has 1 aliphatic carbocycles. The van der Waals surface area contributed by atoms with Crippen LogP contribution in [0, 0.1) is 0 Å². The van der Waals surface area contributed by atoms with Crippen LogP contribution in [-0.2, 0) is 27.8 Å². The predicted octanol–water partition coefficient (Wildman–Crippen LogP) is 5.04. The zero-order valence-electron chi connectivity index (χ0n) is 17.2. The summed E-state index contributed by atoms with van der Waals surface area (Å²) < 4.78 is 7.44. The predicted molar refractivity (Wildman–Crippen MR) is 120 cm³/mol. The van der Waals surface area contributed by atoms with Gasteiger partial charge in [-0.3, -0.25) is 4.79 Å². The summed E-state index contributed by atoms with van der Waals surface area (Å²) in [6.45, 7) is 2.19. The summed E-state index contributed by atoms with van der Waals surface area (Å²) in [7, 11) is 0. The number of hydrogen-bond acceptors (Lipinski definition) is 4. The lowest BCUT2D eigenvalue weighted by atomic mass is 9.79. The molecule has 0 fully saturated rings. The van der Waals surface area contributed by atoms with Crippen molar-refractivity contribution in [1.29, 1.82) is 0 Å². The van der Waals surface area contributed by atoms with Crippen LogP contribution in [0.3, 0.4) is 0 Å². The second-order valence-corrected chi connectivity index (χ2v) is 8.33. The van der Waals surface area contributed by atoms with Crippen molar-refractivity contribution >= 4 is 23.2 Å². The third-order valence-electron chi connectivity index (χ3n) is 6.05. The molecule has 0 aliphatic heterocycles. The van der Waals surface area contributed by atoms with Crippen molar-refractivity contribution in [2.24, 2.45) is 0 Å². The van der Waals surface area contributed by atoms with Crippen LogP contribution in [0.25, 0.3) is 16.8 Å². The number of halogens is 1. The molecule has 5 rings (SSSR count). The molecule has 2 aromatic carbocycles. The smallest absolute Gasteiger partial charge is 0.318 e. The maximum absolute atomic E-state index is 13.4. The third-order valence-corrected chi connectivity index (χ3v) is 6.30. The summed E-state index contributed by atoms with van der Waals surface area (Å²) in [5.41, 5.74) is 4.85. The molecule has 0 unspecified atom stereocenters. The Morgan fingerprint density at radius 3 is 2.65 bits per heavy atom. The van der Waals surface area contributed by atoms with E-state index in [4.69, 9.17) is 21.3 Å². The molecule has 2 aromatic heterocycles. The van der Waals surface area contributed by atoms with E-state index in [9.17, 15) is 4.79 Å². The molecule has 31 heavy (non-hydrogen) atoms. The van der Waals surface area contributed by atoms with Crippen LogP contribution in [0.4, 0.5) is 0 Å². The fourth-order valence-corrected chi connectivity index (χ4v) is 4.74. The van der Waals surface area contributed by atoms with E-state index in [0.29, 0.717) is 24.5 Å². The van der Waals surface area contributed by atoms with E-state index < -0.39 is 5.41 Å². The molecule has 0 saturated carbocycles. The zero-order valence-corrected chi connectivity index (χ0v) is 18.0. The van der Waals surface area contributed by atoms with Crippen LogP contribution in [-0.4, -0.2) is 27.2 Å². The number of fused-ring (bicyclic) bond motifs is 3. The minimum atomic E-state index is -0.794. The first-order valence-corrected chi connectivity index (χ1v) is 10.8. The number of esters is 1. The van der Waals surface area contributed by atoms with E-state index in [1.165, 1.54) is 0 Å². The number of benzene rings is 2. The van der Waals surface area contributed by atoms with Crippen LogP contribution >= 0.6 is 11.6 Å². The highest BCUT2D eigenvalue weighted by Gasteiger charge is 2.49. The highest BCUT2D eigenvalue weighted by atomic mass is 35.5. The topological polar surface area (TPSA) is 56.5 Å². The van der Waals surface area contributed by atoms with Crippen molar-refractivity contribution in [3.63, 3.8) is 0 Å². The lowest BCUT2D eigenvalue weighted by Crippen LogP contribution is -2.39. The minimum absolute atomic E-state index is 0.200. The Labute approximate surface area is 185 Å². The summed E-state index contributed by atoms with van der Waals surface area (Å²) in [5, 5.41) is 5.36. The van der Waals surface area contributed by atoms with Gasteiger partial charge >= 0.3 is 5.97 Å². The SMILES string of the molecule is CCOC(=O)[C@@]1(Cc2ccccc2)CCc2cnc3c(-c4ccc(Cl)cc4)cnn3c21. The summed E-state index contributed by atoms with van der Waals surface area (Å²) in [4.78, 5) is 18.1. The van der Waals surface area contributed by atoms with Crippen LogP contribution in [0.5, 0.6) is 0 Å². The number of rotatable bonds is 5. The molecule has 1 aliphatic rings. The Morgan fingerprint density at radius 2 is 1.90 bits per heavy atom. The number of ether oxygens (including phenoxy) is 1. The van der Waals surface area contributed by atoms with Gasteiger partial charge in [0.2, 0.25) is 0 Å². The second kappa shape index (κ2) is 7.82. The van der Waals surface area contributed by atoms with Gasteiger partial charge in [0.15, 0.2) is 5.65 Å². The largest absolute Gasteiger partial charge is 0.465 e. The van der Waals surface area contributed by atoms with Crippen molar-refractivity contribution in [2.45, 2.75) is 31.6 Å². The number of aromatic nitrogens is 3. The molecular weight excluding hydrogens is 410 g/mol.